The van der Waals surface area contributed by atoms with Crippen molar-refractivity contribution >= 4 is 28.2 Å². The molecule has 0 bridgehead atoms. The average molecular weight is 282 g/mol. The van der Waals surface area contributed by atoms with E-state index in [0.717, 1.165) is 19.3 Å². The lowest BCUT2D eigenvalue weighted by molar-refractivity contribution is -0.114. The van der Waals surface area contributed by atoms with Crippen LogP contribution in [-0.4, -0.2) is 30.1 Å². The van der Waals surface area contributed by atoms with E-state index in [9.17, 15) is 9.59 Å². The van der Waals surface area contributed by atoms with Crippen molar-refractivity contribution in [1.82, 2.24) is 5.32 Å². The topological polar surface area (TPSA) is 78.4 Å². The molecule has 1 aromatic heterocycles. The highest BCUT2D eigenvalue weighted by Crippen LogP contribution is 2.47. The summed E-state index contributed by atoms with van der Waals surface area (Å²) in [4.78, 5) is 23.4. The number of aliphatic hydroxyl groups is 1. The monoisotopic (exact) mass is 282 g/mol. The average Bonchev–Trinajstić information content (AvgIpc) is 2.96. The Bertz CT molecular complexity index is 480. The predicted molar refractivity (Wildman–Crippen MR) is 74.3 cm³/mol. The summed E-state index contributed by atoms with van der Waals surface area (Å²) in [5.74, 6) is -0.264. The number of carbonyl (C=O) groups is 2. The van der Waals surface area contributed by atoms with Crippen LogP contribution in [0.1, 0.15) is 35.9 Å². The van der Waals surface area contributed by atoms with Crippen LogP contribution in [0.3, 0.4) is 0 Å². The third-order valence-corrected chi connectivity index (χ3v) is 4.35. The second-order valence-corrected chi connectivity index (χ2v) is 6.09. The first-order chi connectivity index (χ1) is 9.04. The molecule has 0 saturated heterocycles. The van der Waals surface area contributed by atoms with Gasteiger partial charge in [-0.3, -0.25) is 9.59 Å². The molecule has 1 aromatic rings. The van der Waals surface area contributed by atoms with Gasteiger partial charge in [0.15, 0.2) is 0 Å². The van der Waals surface area contributed by atoms with Gasteiger partial charge < -0.3 is 15.7 Å². The molecule has 104 valence electrons. The molecule has 1 aliphatic rings. The molecule has 6 heteroatoms. The minimum Gasteiger partial charge on any atom is -0.396 e. The molecule has 5 nitrogen and oxygen atoms in total. The zero-order valence-corrected chi connectivity index (χ0v) is 11.7. The van der Waals surface area contributed by atoms with Gasteiger partial charge >= 0.3 is 0 Å². The van der Waals surface area contributed by atoms with E-state index >= 15 is 0 Å². The van der Waals surface area contributed by atoms with Gasteiger partial charge in [-0.15, -0.1) is 11.3 Å². The summed E-state index contributed by atoms with van der Waals surface area (Å²) >= 11 is 1.26. The van der Waals surface area contributed by atoms with E-state index in [0.29, 0.717) is 16.4 Å². The molecule has 1 heterocycles. The molecule has 1 fully saturated rings. The van der Waals surface area contributed by atoms with Crippen LogP contribution in [-0.2, 0) is 4.79 Å². The first-order valence-corrected chi connectivity index (χ1v) is 7.13. The SMILES string of the molecule is CC(=O)Nc1ccc(C(=O)NCC2(CCO)CC2)s1. The summed E-state index contributed by atoms with van der Waals surface area (Å²) in [6, 6.07) is 3.43. The van der Waals surface area contributed by atoms with Crippen molar-refractivity contribution in [3.8, 4) is 0 Å². The lowest BCUT2D eigenvalue weighted by Crippen LogP contribution is -2.30. The van der Waals surface area contributed by atoms with Crippen LogP contribution >= 0.6 is 11.3 Å². The molecule has 19 heavy (non-hydrogen) atoms. The van der Waals surface area contributed by atoms with Gasteiger partial charge in [0.05, 0.1) is 9.88 Å². The highest BCUT2D eigenvalue weighted by atomic mass is 32.1. The lowest BCUT2D eigenvalue weighted by atomic mass is 10.0. The Morgan fingerprint density at radius 1 is 1.42 bits per heavy atom. The van der Waals surface area contributed by atoms with Gasteiger partial charge in [-0.25, -0.2) is 0 Å². The summed E-state index contributed by atoms with van der Waals surface area (Å²) < 4.78 is 0. The maximum absolute atomic E-state index is 11.9. The van der Waals surface area contributed by atoms with E-state index in [-0.39, 0.29) is 23.8 Å². The van der Waals surface area contributed by atoms with E-state index in [2.05, 4.69) is 10.6 Å². The number of rotatable bonds is 6. The largest absolute Gasteiger partial charge is 0.396 e. The fourth-order valence-electron chi connectivity index (χ4n) is 1.98. The highest BCUT2D eigenvalue weighted by molar-refractivity contribution is 7.18. The van der Waals surface area contributed by atoms with E-state index in [1.54, 1.807) is 12.1 Å². The molecule has 1 saturated carbocycles. The number of amides is 2. The van der Waals surface area contributed by atoms with Crippen LogP contribution in [0.4, 0.5) is 5.00 Å². The van der Waals surface area contributed by atoms with E-state index in [1.165, 1.54) is 18.3 Å². The first kappa shape index (κ1) is 14.0. The minimum absolute atomic E-state index is 0.113. The second-order valence-electron chi connectivity index (χ2n) is 5.00. The van der Waals surface area contributed by atoms with Crippen LogP contribution in [0.5, 0.6) is 0 Å². The number of hydrogen-bond acceptors (Lipinski definition) is 4. The van der Waals surface area contributed by atoms with Crippen molar-refractivity contribution in [2.45, 2.75) is 26.2 Å². The fourth-order valence-corrected chi connectivity index (χ4v) is 2.85. The Morgan fingerprint density at radius 2 is 2.16 bits per heavy atom. The van der Waals surface area contributed by atoms with Crippen molar-refractivity contribution in [3.63, 3.8) is 0 Å². The van der Waals surface area contributed by atoms with E-state index in [1.807, 2.05) is 0 Å². The number of aliphatic hydroxyl groups excluding tert-OH is 1. The second kappa shape index (κ2) is 5.71. The molecule has 0 spiro atoms. The Kier molecular flexibility index (Phi) is 4.21. The van der Waals surface area contributed by atoms with Gasteiger partial charge in [0.1, 0.15) is 0 Å². The van der Waals surface area contributed by atoms with E-state index < -0.39 is 0 Å². The molecule has 0 aromatic carbocycles. The minimum atomic E-state index is -0.145. The number of hydrogen-bond donors (Lipinski definition) is 3. The first-order valence-electron chi connectivity index (χ1n) is 6.31. The Hall–Kier alpha value is -1.40. The Morgan fingerprint density at radius 3 is 2.74 bits per heavy atom. The smallest absolute Gasteiger partial charge is 0.261 e. The Balaban J connectivity index is 1.86. The quantitative estimate of drug-likeness (QED) is 0.741. The van der Waals surface area contributed by atoms with Crippen LogP contribution in [0, 0.1) is 5.41 Å². The molecule has 0 unspecified atom stereocenters. The third-order valence-electron chi connectivity index (χ3n) is 3.35. The predicted octanol–water partition coefficient (Wildman–Crippen LogP) is 1.60. The zero-order chi connectivity index (χ0) is 13.9. The number of carbonyl (C=O) groups excluding carboxylic acids is 2. The standard InChI is InChI=1S/C13H18N2O3S/c1-9(17)15-11-3-2-10(19-11)12(18)14-8-13(4-5-13)6-7-16/h2-3,16H,4-8H2,1H3,(H,14,18)(H,15,17). The number of nitrogens with one attached hydrogen (secondary N) is 2. The van der Waals surface area contributed by atoms with Crippen molar-refractivity contribution in [3.05, 3.63) is 17.0 Å². The molecular weight excluding hydrogens is 264 g/mol. The summed E-state index contributed by atoms with van der Waals surface area (Å²) in [5.41, 5.74) is 0.113. The molecule has 2 amide bonds. The van der Waals surface area contributed by atoms with Gasteiger partial charge in [-0.05, 0) is 36.8 Å². The lowest BCUT2D eigenvalue weighted by Gasteiger charge is -2.13. The maximum Gasteiger partial charge on any atom is 0.261 e. The Labute approximate surface area is 116 Å². The number of anilines is 1. The highest BCUT2D eigenvalue weighted by Gasteiger charge is 2.41. The normalized spacial score (nSPS) is 15.9. The molecular formula is C13H18N2O3S. The van der Waals surface area contributed by atoms with Crippen molar-refractivity contribution < 1.29 is 14.7 Å². The summed E-state index contributed by atoms with van der Waals surface area (Å²) in [6.45, 7) is 2.21. The van der Waals surface area contributed by atoms with Crippen LogP contribution in [0.2, 0.25) is 0 Å². The van der Waals surface area contributed by atoms with Crippen LogP contribution in [0.15, 0.2) is 12.1 Å². The molecule has 2 rings (SSSR count). The van der Waals surface area contributed by atoms with Crippen molar-refractivity contribution in [1.29, 1.82) is 0 Å². The third kappa shape index (κ3) is 3.78. The van der Waals surface area contributed by atoms with Crippen molar-refractivity contribution in [2.75, 3.05) is 18.5 Å². The van der Waals surface area contributed by atoms with Crippen LogP contribution in [0.25, 0.3) is 0 Å². The zero-order valence-electron chi connectivity index (χ0n) is 10.9. The van der Waals surface area contributed by atoms with Gasteiger partial charge in [-0.1, -0.05) is 0 Å². The maximum atomic E-state index is 11.9. The van der Waals surface area contributed by atoms with Crippen molar-refractivity contribution in [2.24, 2.45) is 5.41 Å². The summed E-state index contributed by atoms with van der Waals surface area (Å²) in [6.07, 6.45) is 2.87. The molecule has 3 N–H and O–H groups in total. The van der Waals surface area contributed by atoms with Gasteiger partial charge in [0.2, 0.25) is 5.91 Å². The van der Waals surface area contributed by atoms with Gasteiger partial charge in [-0.2, -0.15) is 0 Å². The van der Waals surface area contributed by atoms with Gasteiger partial charge in [0, 0.05) is 20.1 Å². The number of thiophene rings is 1. The van der Waals surface area contributed by atoms with Crippen LogP contribution < -0.4 is 10.6 Å². The van der Waals surface area contributed by atoms with Gasteiger partial charge in [0.25, 0.3) is 5.91 Å². The molecule has 0 aliphatic heterocycles. The fraction of sp³-hybridized carbons (Fsp3) is 0.538. The molecule has 0 radical (unpaired) electrons. The molecule has 0 atom stereocenters. The summed E-state index contributed by atoms with van der Waals surface area (Å²) in [5, 5.41) is 15.2. The van der Waals surface area contributed by atoms with E-state index in [4.69, 9.17) is 5.11 Å². The summed E-state index contributed by atoms with van der Waals surface area (Å²) in [7, 11) is 0. The molecule has 1 aliphatic carbocycles.